The summed E-state index contributed by atoms with van der Waals surface area (Å²) in [5.74, 6) is 2.28. The number of nitrogens with zero attached hydrogens (tertiary/aromatic N) is 2. The molecule has 0 unspecified atom stereocenters. The van der Waals surface area contributed by atoms with Crippen LogP contribution in [0.3, 0.4) is 0 Å². The first-order chi connectivity index (χ1) is 14.6. The van der Waals surface area contributed by atoms with E-state index >= 15 is 0 Å². The SMILES string of the molecule is CN=C(NCc1ccc(Oc2cccc(F)c2)nc1)Nc1ccc(OC)c(OC)c1.I. The van der Waals surface area contributed by atoms with Crippen molar-refractivity contribution < 1.29 is 18.6 Å². The van der Waals surface area contributed by atoms with Gasteiger partial charge in [0, 0.05) is 43.7 Å². The van der Waals surface area contributed by atoms with Crippen molar-refractivity contribution in [2.45, 2.75) is 6.54 Å². The van der Waals surface area contributed by atoms with E-state index < -0.39 is 0 Å². The van der Waals surface area contributed by atoms with Gasteiger partial charge in [-0.2, -0.15) is 0 Å². The molecule has 0 fully saturated rings. The predicted octanol–water partition coefficient (Wildman–Crippen LogP) is 4.84. The molecule has 0 aliphatic rings. The van der Waals surface area contributed by atoms with Gasteiger partial charge in [-0.15, -0.1) is 24.0 Å². The zero-order valence-corrected chi connectivity index (χ0v) is 19.7. The monoisotopic (exact) mass is 538 g/mol. The quantitative estimate of drug-likeness (QED) is 0.255. The Labute approximate surface area is 197 Å². The summed E-state index contributed by atoms with van der Waals surface area (Å²) >= 11 is 0. The molecule has 164 valence electrons. The maximum Gasteiger partial charge on any atom is 0.219 e. The standard InChI is InChI=1S/C22H23FN4O3.HI/c1-24-22(27-17-8-9-19(28-2)20(12-17)29-3)26-14-15-7-10-21(25-13-15)30-18-6-4-5-16(23)11-18;/h4-13H,14H2,1-3H3,(H2,24,26,27);1H. The molecule has 0 saturated heterocycles. The van der Waals surface area contributed by atoms with Gasteiger partial charge in [-0.1, -0.05) is 12.1 Å². The van der Waals surface area contributed by atoms with Crippen LogP contribution in [-0.2, 0) is 6.54 Å². The number of methoxy groups -OCH3 is 2. The maximum atomic E-state index is 13.2. The lowest BCUT2D eigenvalue weighted by Crippen LogP contribution is -2.30. The summed E-state index contributed by atoms with van der Waals surface area (Å²) in [4.78, 5) is 8.48. The van der Waals surface area contributed by atoms with Crippen molar-refractivity contribution in [1.82, 2.24) is 10.3 Å². The van der Waals surface area contributed by atoms with Crippen molar-refractivity contribution in [3.63, 3.8) is 0 Å². The van der Waals surface area contributed by atoms with Crippen LogP contribution in [0.2, 0.25) is 0 Å². The number of benzene rings is 2. The Hall–Kier alpha value is -3.08. The molecule has 9 heteroatoms. The second-order valence-electron chi connectivity index (χ2n) is 6.18. The third kappa shape index (κ3) is 6.99. The van der Waals surface area contributed by atoms with Crippen LogP contribution in [0.25, 0.3) is 0 Å². The smallest absolute Gasteiger partial charge is 0.219 e. The molecule has 3 rings (SSSR count). The fourth-order valence-corrected chi connectivity index (χ4v) is 2.64. The van der Waals surface area contributed by atoms with Gasteiger partial charge in [-0.3, -0.25) is 4.99 Å². The highest BCUT2D eigenvalue weighted by Crippen LogP contribution is 2.29. The Kier molecular flexibility index (Phi) is 9.32. The third-order valence-electron chi connectivity index (χ3n) is 4.15. The molecule has 0 bridgehead atoms. The summed E-state index contributed by atoms with van der Waals surface area (Å²) in [5.41, 5.74) is 1.73. The van der Waals surface area contributed by atoms with Gasteiger partial charge in [0.25, 0.3) is 0 Å². The van der Waals surface area contributed by atoms with Crippen molar-refractivity contribution in [3.05, 3.63) is 72.2 Å². The van der Waals surface area contributed by atoms with Gasteiger partial charge in [-0.05, 0) is 29.8 Å². The molecule has 31 heavy (non-hydrogen) atoms. The number of nitrogens with one attached hydrogen (secondary N) is 2. The zero-order valence-electron chi connectivity index (χ0n) is 17.4. The number of ether oxygens (including phenoxy) is 3. The van der Waals surface area contributed by atoms with Crippen molar-refractivity contribution >= 4 is 35.6 Å². The minimum Gasteiger partial charge on any atom is -0.493 e. The summed E-state index contributed by atoms with van der Waals surface area (Å²) < 4.78 is 29.4. The van der Waals surface area contributed by atoms with Crippen LogP contribution >= 0.6 is 24.0 Å². The highest BCUT2D eigenvalue weighted by molar-refractivity contribution is 14.0. The van der Waals surface area contributed by atoms with E-state index in [1.807, 2.05) is 24.3 Å². The lowest BCUT2D eigenvalue weighted by atomic mass is 10.2. The van der Waals surface area contributed by atoms with Gasteiger partial charge in [0.2, 0.25) is 5.88 Å². The van der Waals surface area contributed by atoms with Gasteiger partial charge >= 0.3 is 0 Å². The Balaban J connectivity index is 0.00000341. The van der Waals surface area contributed by atoms with E-state index in [9.17, 15) is 4.39 Å². The summed E-state index contributed by atoms with van der Waals surface area (Å²) in [6.07, 6.45) is 1.69. The Morgan fingerprint density at radius 1 is 1.03 bits per heavy atom. The first-order valence-corrected chi connectivity index (χ1v) is 9.19. The van der Waals surface area contributed by atoms with E-state index in [4.69, 9.17) is 14.2 Å². The third-order valence-corrected chi connectivity index (χ3v) is 4.15. The van der Waals surface area contributed by atoms with E-state index in [1.165, 1.54) is 12.1 Å². The fourth-order valence-electron chi connectivity index (χ4n) is 2.64. The summed E-state index contributed by atoms with van der Waals surface area (Å²) in [6, 6.07) is 15.0. The number of hydrogen-bond donors (Lipinski definition) is 2. The van der Waals surface area contributed by atoms with Gasteiger partial charge in [-0.25, -0.2) is 9.37 Å². The molecule has 0 atom stereocenters. The molecule has 0 aliphatic carbocycles. The largest absolute Gasteiger partial charge is 0.493 e. The second kappa shape index (κ2) is 11.9. The zero-order chi connectivity index (χ0) is 21.3. The average molecular weight is 538 g/mol. The Morgan fingerprint density at radius 2 is 1.84 bits per heavy atom. The molecule has 0 aliphatic heterocycles. The van der Waals surface area contributed by atoms with Gasteiger partial charge in [0.15, 0.2) is 17.5 Å². The van der Waals surface area contributed by atoms with Crippen molar-refractivity contribution in [2.75, 3.05) is 26.6 Å². The van der Waals surface area contributed by atoms with Crippen LogP contribution in [0.5, 0.6) is 23.1 Å². The van der Waals surface area contributed by atoms with E-state index in [2.05, 4.69) is 20.6 Å². The predicted molar refractivity (Wildman–Crippen MR) is 129 cm³/mol. The fraction of sp³-hybridized carbons (Fsp3) is 0.182. The number of pyridine rings is 1. The highest BCUT2D eigenvalue weighted by atomic mass is 127. The highest BCUT2D eigenvalue weighted by Gasteiger charge is 2.07. The molecule has 2 aromatic carbocycles. The molecule has 3 aromatic rings. The summed E-state index contributed by atoms with van der Waals surface area (Å²) in [7, 11) is 4.86. The lowest BCUT2D eigenvalue weighted by molar-refractivity contribution is 0.355. The molecule has 1 aromatic heterocycles. The minimum atomic E-state index is -0.360. The maximum absolute atomic E-state index is 13.2. The Bertz CT molecular complexity index is 1020. The van der Waals surface area contributed by atoms with Crippen LogP contribution in [0.15, 0.2) is 65.8 Å². The van der Waals surface area contributed by atoms with E-state index in [1.54, 1.807) is 45.7 Å². The molecule has 0 radical (unpaired) electrons. The molecular weight excluding hydrogens is 514 g/mol. The van der Waals surface area contributed by atoms with Crippen LogP contribution in [0.4, 0.5) is 10.1 Å². The normalized spacial score (nSPS) is 10.6. The van der Waals surface area contributed by atoms with Crippen molar-refractivity contribution in [2.24, 2.45) is 4.99 Å². The van der Waals surface area contributed by atoms with E-state index in [-0.39, 0.29) is 29.8 Å². The number of rotatable bonds is 7. The lowest BCUT2D eigenvalue weighted by Gasteiger charge is -2.14. The van der Waals surface area contributed by atoms with Crippen LogP contribution in [0.1, 0.15) is 5.56 Å². The number of aliphatic imine (C=N–C) groups is 1. The number of guanidine groups is 1. The minimum absolute atomic E-state index is 0. The second-order valence-corrected chi connectivity index (χ2v) is 6.18. The molecular formula is C22H24FIN4O3. The molecule has 0 spiro atoms. The Morgan fingerprint density at radius 3 is 2.48 bits per heavy atom. The number of halogens is 2. The van der Waals surface area contributed by atoms with Crippen molar-refractivity contribution in [3.8, 4) is 23.1 Å². The number of aromatic nitrogens is 1. The van der Waals surface area contributed by atoms with Crippen molar-refractivity contribution in [1.29, 1.82) is 0 Å². The topological polar surface area (TPSA) is 77.0 Å². The summed E-state index contributed by atoms with van der Waals surface area (Å²) in [5, 5.41) is 6.41. The number of hydrogen-bond acceptors (Lipinski definition) is 5. The molecule has 1 heterocycles. The summed E-state index contributed by atoms with van der Waals surface area (Å²) in [6.45, 7) is 0.500. The average Bonchev–Trinajstić information content (AvgIpc) is 2.77. The van der Waals surface area contributed by atoms with E-state index in [0.717, 1.165) is 11.3 Å². The molecule has 2 N–H and O–H groups in total. The van der Waals surface area contributed by atoms with E-state index in [0.29, 0.717) is 35.6 Å². The molecule has 0 amide bonds. The van der Waals surface area contributed by atoms with Gasteiger partial charge in [0.1, 0.15) is 11.6 Å². The first-order valence-electron chi connectivity index (χ1n) is 9.19. The van der Waals surface area contributed by atoms with Crippen LogP contribution in [0, 0.1) is 5.82 Å². The number of anilines is 1. The van der Waals surface area contributed by atoms with Crippen LogP contribution in [-0.4, -0.2) is 32.2 Å². The van der Waals surface area contributed by atoms with Gasteiger partial charge in [0.05, 0.1) is 14.2 Å². The first kappa shape index (κ1) is 24.2. The van der Waals surface area contributed by atoms with Crippen LogP contribution < -0.4 is 24.8 Å². The van der Waals surface area contributed by atoms with Gasteiger partial charge < -0.3 is 24.8 Å². The molecule has 7 nitrogen and oxygen atoms in total. The molecule has 0 saturated carbocycles.